The maximum atomic E-state index is 6.01. The lowest BCUT2D eigenvalue weighted by molar-refractivity contribution is 0.327. The summed E-state index contributed by atoms with van der Waals surface area (Å²) in [6.07, 6.45) is 0. The van der Waals surface area contributed by atoms with Gasteiger partial charge < -0.3 is 15.8 Å². The highest BCUT2D eigenvalue weighted by atomic mass is 16.5. The van der Waals surface area contributed by atoms with Crippen LogP contribution < -0.4 is 15.8 Å². The minimum absolute atomic E-state index is 0.436. The number of aromatic nitrogens is 2. The number of nitrogen functional groups attached to an aromatic ring is 1. The Balaban J connectivity index is 2.14. The molecule has 3 N–H and O–H groups in total. The molecule has 1 aromatic heterocycles. The van der Waals surface area contributed by atoms with Crippen LogP contribution in [0.2, 0.25) is 0 Å². The van der Waals surface area contributed by atoms with Crippen molar-refractivity contribution in [2.45, 2.75) is 27.3 Å². The molecule has 2 rings (SSSR count). The molecule has 0 saturated heterocycles. The second kappa shape index (κ2) is 6.23. The molecule has 0 aliphatic rings. The van der Waals surface area contributed by atoms with Gasteiger partial charge in [-0.05, 0) is 26.3 Å². The van der Waals surface area contributed by atoms with E-state index in [0.717, 1.165) is 0 Å². The van der Waals surface area contributed by atoms with Gasteiger partial charge in [0.15, 0.2) is 5.82 Å². The average Bonchev–Trinajstić information content (AvgIpc) is 2.43. The van der Waals surface area contributed by atoms with Crippen molar-refractivity contribution in [2.75, 3.05) is 17.7 Å². The van der Waals surface area contributed by atoms with E-state index in [9.17, 15) is 0 Å². The van der Waals surface area contributed by atoms with E-state index >= 15 is 0 Å². The highest BCUT2D eigenvalue weighted by molar-refractivity contribution is 5.66. The van der Waals surface area contributed by atoms with Gasteiger partial charge in [-0.15, -0.1) is 0 Å². The van der Waals surface area contributed by atoms with Crippen LogP contribution >= 0.6 is 0 Å². The van der Waals surface area contributed by atoms with Crippen molar-refractivity contribution in [1.29, 1.82) is 0 Å². The molecule has 106 valence electrons. The normalized spacial score (nSPS) is 10.3. The molecular formula is C15H20N4O. The molecule has 5 heteroatoms. The van der Waals surface area contributed by atoms with Crippen LogP contribution in [0, 0.1) is 13.8 Å². The number of nitrogens with one attached hydrogen (secondary N) is 1. The maximum absolute atomic E-state index is 6.01. The first-order valence-corrected chi connectivity index (χ1v) is 6.66. The Labute approximate surface area is 119 Å². The van der Waals surface area contributed by atoms with Gasteiger partial charge in [0.25, 0.3) is 0 Å². The van der Waals surface area contributed by atoms with E-state index in [2.05, 4.69) is 46.5 Å². The molecule has 0 atom stereocenters. The molecule has 0 fully saturated rings. The molecule has 0 aliphatic carbocycles. The molecule has 0 amide bonds. The van der Waals surface area contributed by atoms with E-state index < -0.39 is 0 Å². The molecule has 0 spiro atoms. The van der Waals surface area contributed by atoms with Crippen LogP contribution in [0.15, 0.2) is 24.3 Å². The lowest BCUT2D eigenvalue weighted by atomic mass is 10.1. The molecule has 2 aromatic rings. The summed E-state index contributed by atoms with van der Waals surface area (Å²) in [4.78, 5) is 8.51. The van der Waals surface area contributed by atoms with Crippen LogP contribution in [0.3, 0.4) is 0 Å². The van der Waals surface area contributed by atoms with Crippen LogP contribution in [0.4, 0.5) is 11.5 Å². The van der Waals surface area contributed by atoms with Gasteiger partial charge in [-0.2, -0.15) is 4.98 Å². The fourth-order valence-electron chi connectivity index (χ4n) is 1.83. The van der Waals surface area contributed by atoms with E-state index in [-0.39, 0.29) is 0 Å². The first-order chi connectivity index (χ1) is 9.60. The number of anilines is 2. The van der Waals surface area contributed by atoms with Gasteiger partial charge in [-0.3, -0.25) is 0 Å². The van der Waals surface area contributed by atoms with Crippen LogP contribution in [-0.4, -0.2) is 16.6 Å². The lowest BCUT2D eigenvalue weighted by Gasteiger charge is -2.12. The Kier molecular flexibility index (Phi) is 4.40. The maximum Gasteiger partial charge on any atom is 0.242 e. The van der Waals surface area contributed by atoms with Crippen molar-refractivity contribution < 1.29 is 4.74 Å². The van der Waals surface area contributed by atoms with Crippen LogP contribution in [0.5, 0.6) is 5.88 Å². The largest absolute Gasteiger partial charge is 0.476 e. The van der Waals surface area contributed by atoms with Crippen molar-refractivity contribution in [3.8, 4) is 5.88 Å². The summed E-state index contributed by atoms with van der Waals surface area (Å²) in [5, 5.41) is 3.23. The van der Waals surface area contributed by atoms with Gasteiger partial charge in [0.2, 0.25) is 5.88 Å². The van der Waals surface area contributed by atoms with Crippen LogP contribution in [-0.2, 0) is 6.54 Å². The summed E-state index contributed by atoms with van der Waals surface area (Å²) < 4.78 is 5.41. The molecule has 0 bridgehead atoms. The first kappa shape index (κ1) is 14.1. The predicted octanol–water partition coefficient (Wildman–Crippen LogP) is 2.69. The van der Waals surface area contributed by atoms with E-state index in [1.54, 1.807) is 0 Å². The molecule has 20 heavy (non-hydrogen) atoms. The molecule has 0 radical (unpaired) electrons. The molecule has 0 aliphatic heterocycles. The number of rotatable bonds is 5. The van der Waals surface area contributed by atoms with Crippen LogP contribution in [0.1, 0.15) is 23.9 Å². The van der Waals surface area contributed by atoms with Gasteiger partial charge in [0.05, 0.1) is 6.61 Å². The van der Waals surface area contributed by atoms with E-state index in [1.807, 2.05) is 13.8 Å². The smallest absolute Gasteiger partial charge is 0.242 e. The SMILES string of the molecule is CCOc1nc(C)nc(NCc2ccc(C)cc2)c1N. The molecule has 0 unspecified atom stereocenters. The minimum Gasteiger partial charge on any atom is -0.476 e. The number of aryl methyl sites for hydroxylation is 2. The van der Waals surface area contributed by atoms with E-state index in [0.29, 0.717) is 36.4 Å². The monoisotopic (exact) mass is 272 g/mol. The van der Waals surface area contributed by atoms with Crippen molar-refractivity contribution in [2.24, 2.45) is 0 Å². The van der Waals surface area contributed by atoms with Crippen molar-refractivity contribution in [3.63, 3.8) is 0 Å². The number of nitrogens with zero attached hydrogens (tertiary/aromatic N) is 2. The van der Waals surface area contributed by atoms with Crippen molar-refractivity contribution in [1.82, 2.24) is 9.97 Å². The lowest BCUT2D eigenvalue weighted by Crippen LogP contribution is -2.09. The zero-order valence-corrected chi connectivity index (χ0v) is 12.1. The van der Waals surface area contributed by atoms with Crippen molar-refractivity contribution in [3.05, 3.63) is 41.2 Å². The van der Waals surface area contributed by atoms with E-state index in [4.69, 9.17) is 10.5 Å². The Morgan fingerprint density at radius 2 is 1.85 bits per heavy atom. The van der Waals surface area contributed by atoms with Crippen LogP contribution in [0.25, 0.3) is 0 Å². The molecule has 1 heterocycles. The summed E-state index contributed by atoms with van der Waals surface area (Å²) in [6, 6.07) is 8.32. The minimum atomic E-state index is 0.436. The highest BCUT2D eigenvalue weighted by Gasteiger charge is 2.10. The number of ether oxygens (including phenoxy) is 1. The highest BCUT2D eigenvalue weighted by Crippen LogP contribution is 2.26. The zero-order chi connectivity index (χ0) is 14.5. The Bertz CT molecular complexity index is 581. The fraction of sp³-hybridized carbons (Fsp3) is 0.333. The first-order valence-electron chi connectivity index (χ1n) is 6.66. The summed E-state index contributed by atoms with van der Waals surface area (Å²) in [5.41, 5.74) is 8.87. The van der Waals surface area contributed by atoms with Gasteiger partial charge in [0, 0.05) is 6.54 Å². The third-order valence-electron chi connectivity index (χ3n) is 2.88. The zero-order valence-electron chi connectivity index (χ0n) is 12.1. The number of benzene rings is 1. The predicted molar refractivity (Wildman–Crippen MR) is 80.9 cm³/mol. The third-order valence-corrected chi connectivity index (χ3v) is 2.88. The number of hydrogen-bond acceptors (Lipinski definition) is 5. The molecule has 1 aromatic carbocycles. The van der Waals surface area contributed by atoms with Gasteiger partial charge in [0.1, 0.15) is 11.5 Å². The summed E-state index contributed by atoms with van der Waals surface area (Å²) >= 11 is 0. The summed E-state index contributed by atoms with van der Waals surface area (Å²) in [7, 11) is 0. The topological polar surface area (TPSA) is 73.1 Å². The average molecular weight is 272 g/mol. The van der Waals surface area contributed by atoms with E-state index in [1.165, 1.54) is 11.1 Å². The van der Waals surface area contributed by atoms with Gasteiger partial charge >= 0.3 is 0 Å². The number of hydrogen-bond donors (Lipinski definition) is 2. The second-order valence-electron chi connectivity index (χ2n) is 4.61. The molecule has 0 saturated carbocycles. The fourth-order valence-corrected chi connectivity index (χ4v) is 1.83. The van der Waals surface area contributed by atoms with Gasteiger partial charge in [-0.25, -0.2) is 4.98 Å². The molecule has 5 nitrogen and oxygen atoms in total. The molecular weight excluding hydrogens is 252 g/mol. The summed E-state index contributed by atoms with van der Waals surface area (Å²) in [6.45, 7) is 6.97. The van der Waals surface area contributed by atoms with Crippen molar-refractivity contribution >= 4 is 11.5 Å². The third kappa shape index (κ3) is 3.38. The standard InChI is InChI=1S/C15H20N4O/c1-4-20-15-13(16)14(18-11(3)19-15)17-9-12-7-5-10(2)6-8-12/h5-8H,4,9,16H2,1-3H3,(H,17,18,19). The Morgan fingerprint density at radius 3 is 2.50 bits per heavy atom. The second-order valence-corrected chi connectivity index (χ2v) is 4.61. The Morgan fingerprint density at radius 1 is 1.15 bits per heavy atom. The Hall–Kier alpha value is -2.30. The summed E-state index contributed by atoms with van der Waals surface area (Å²) in [5.74, 6) is 1.68. The van der Waals surface area contributed by atoms with Gasteiger partial charge in [-0.1, -0.05) is 29.8 Å². The number of nitrogens with two attached hydrogens (primary N) is 1. The quantitative estimate of drug-likeness (QED) is 0.875.